The lowest BCUT2D eigenvalue weighted by Crippen LogP contribution is -2.10. The maximum Gasteiger partial charge on any atom is 0.136 e. The molecule has 0 fully saturated rings. The van der Waals surface area contributed by atoms with E-state index in [4.69, 9.17) is 8.83 Å². The first kappa shape index (κ1) is 66.8. The van der Waals surface area contributed by atoms with Gasteiger partial charge < -0.3 is 27.8 Å². The van der Waals surface area contributed by atoms with E-state index in [2.05, 4.69) is 438 Å². The van der Waals surface area contributed by atoms with Gasteiger partial charge in [-0.3, -0.25) is 0 Å². The van der Waals surface area contributed by atoms with Gasteiger partial charge in [-0.15, -0.1) is 0 Å². The normalized spacial score (nSPS) is 11.9. The Balaban J connectivity index is 0.561. The predicted octanol–water partition coefficient (Wildman–Crippen LogP) is 31.6. The number of hydrogen-bond acceptors (Lipinski definition) is 4. The van der Waals surface area contributed by atoms with Crippen LogP contribution in [0, 0.1) is 0 Å². The molecule has 6 heteroatoms. The van der Waals surface area contributed by atoms with Gasteiger partial charge in [-0.25, -0.2) is 0 Å². The number of benzene rings is 20. The number of hydrogen-bond donors (Lipinski definition) is 0. The molecule has 0 saturated carbocycles. The van der Waals surface area contributed by atoms with Crippen molar-refractivity contribution in [2.75, 3.05) is 9.80 Å². The minimum atomic E-state index is 0.842. The van der Waals surface area contributed by atoms with E-state index in [-0.39, 0.29) is 0 Å². The molecule has 0 atom stereocenters. The maximum atomic E-state index is 6.93. The Bertz CT molecular complexity index is 8110. The molecule has 0 spiro atoms. The molecule has 24 aromatic rings. The molecule has 0 aliphatic heterocycles. The highest BCUT2D eigenvalue weighted by atomic mass is 16.3. The summed E-state index contributed by atoms with van der Waals surface area (Å²) in [5.41, 5.74) is 28.0. The minimum absolute atomic E-state index is 0.842. The van der Waals surface area contributed by atoms with Crippen LogP contribution in [0.5, 0.6) is 0 Å². The molecule has 4 aromatic heterocycles. The fourth-order valence-electron chi connectivity index (χ4n) is 18.9. The van der Waals surface area contributed by atoms with Gasteiger partial charge in [0.1, 0.15) is 22.3 Å². The van der Waals surface area contributed by atoms with Crippen molar-refractivity contribution in [3.63, 3.8) is 0 Å². The number of furan rings is 2. The zero-order valence-electron chi connectivity index (χ0n) is 64.0. The van der Waals surface area contributed by atoms with Gasteiger partial charge in [0.2, 0.25) is 0 Å². The van der Waals surface area contributed by atoms with Crippen molar-refractivity contribution in [3.8, 4) is 67.0 Å². The zero-order valence-corrected chi connectivity index (χ0v) is 64.0. The Morgan fingerprint density at radius 3 is 1.08 bits per heavy atom. The lowest BCUT2D eigenvalue weighted by molar-refractivity contribution is 0.668. The first-order valence-corrected chi connectivity index (χ1v) is 40.4. The summed E-state index contributed by atoms with van der Waals surface area (Å²) in [6, 6.07) is 155. The molecule has 20 aromatic carbocycles. The minimum Gasteiger partial charge on any atom is -0.456 e. The van der Waals surface area contributed by atoms with Crippen LogP contribution in [-0.2, 0) is 0 Å². The van der Waals surface area contributed by atoms with Crippen LogP contribution in [0.25, 0.3) is 198 Å². The molecule has 118 heavy (non-hydrogen) atoms. The third kappa shape index (κ3) is 11.0. The second kappa shape index (κ2) is 27.0. The Kier molecular flexibility index (Phi) is 15.3. The molecule has 0 saturated heterocycles. The average Bonchev–Trinajstić information content (AvgIpc) is 1.56. The fourth-order valence-corrected chi connectivity index (χ4v) is 18.9. The summed E-state index contributed by atoms with van der Waals surface area (Å²) in [5.74, 6) is 0. The van der Waals surface area contributed by atoms with Crippen molar-refractivity contribution < 1.29 is 8.83 Å². The molecule has 24 rings (SSSR count). The molecule has 550 valence electrons. The van der Waals surface area contributed by atoms with Crippen molar-refractivity contribution in [2.45, 2.75) is 0 Å². The topological polar surface area (TPSA) is 42.6 Å². The lowest BCUT2D eigenvalue weighted by Gasteiger charge is -2.27. The predicted molar refractivity (Wildman–Crippen MR) is 496 cm³/mol. The molecule has 0 aliphatic carbocycles. The Hall–Kier alpha value is -15.8. The summed E-state index contributed by atoms with van der Waals surface area (Å²) < 4.78 is 18.1. The molecule has 0 unspecified atom stereocenters. The molecule has 0 aliphatic rings. The molecule has 0 amide bonds. The SMILES string of the molecule is c1cc(-c2cccc3oc4ccccc4c23)cc(N(c2ccc(-c3cccc(-n4c5ccccc5c5ccccc54)c3)cc2)c2ccc3c(ccc4cc(-c5ccc6c(c5)oc5cccc(-c7cccc(N(c8ccc(-c9cccc(-n%10c%11ccccc%11c%11ccccc%11%10)c9)cc8)c8ccc9ccc%10ccccc%10c9c8)c7)c56)ccc43)c2)c1. The van der Waals surface area contributed by atoms with Crippen LogP contribution >= 0.6 is 0 Å². The standard InChI is InChI=1S/C112H70N4O2/c1-2-28-91-73(19-1)43-44-74-51-58-90(70-102(74)91)114(84-56-49-72(50-57-84)76-21-14-27-88(65-76)116-105-38-10-5-31-98(105)99-32-6-11-39-106(99)116)86-25-16-23-80(67-86)95-35-18-42-109-112(95)101-61-53-78(69-110(101)118-109)77-52-60-92-81(63-77)45-46-82-68-89(59-62-93(82)92)113(85-24-15-22-79(66-85)94-34-17-41-108-111(94)100-33-7-12-40-107(100)117-108)83-54-47-71(48-55-83)75-20-13-26-87(64-75)115-103-36-8-3-29-96(103)97-30-4-9-37-104(97)115/h1-70H. The van der Waals surface area contributed by atoms with Crippen LogP contribution < -0.4 is 9.80 Å². The van der Waals surface area contributed by atoms with E-state index >= 15 is 0 Å². The number of anilines is 6. The fraction of sp³-hybridized carbons (Fsp3) is 0. The van der Waals surface area contributed by atoms with E-state index in [1.807, 2.05) is 6.07 Å². The number of fused-ring (bicyclic) bond motifs is 18. The van der Waals surface area contributed by atoms with E-state index in [0.29, 0.717) is 0 Å². The van der Waals surface area contributed by atoms with Gasteiger partial charge in [0, 0.05) is 88.6 Å². The van der Waals surface area contributed by atoms with Crippen LogP contribution in [0.15, 0.2) is 433 Å². The van der Waals surface area contributed by atoms with Crippen LogP contribution in [0.4, 0.5) is 34.1 Å². The van der Waals surface area contributed by atoms with Crippen LogP contribution in [0.2, 0.25) is 0 Å². The molecule has 4 heterocycles. The zero-order chi connectivity index (χ0) is 77.5. The summed E-state index contributed by atoms with van der Waals surface area (Å²) in [6.07, 6.45) is 0. The Labute approximate surface area is 679 Å². The summed E-state index contributed by atoms with van der Waals surface area (Å²) in [5, 5.41) is 18.9. The van der Waals surface area contributed by atoms with Gasteiger partial charge >= 0.3 is 0 Å². The highest BCUT2D eigenvalue weighted by Gasteiger charge is 2.23. The third-order valence-electron chi connectivity index (χ3n) is 24.4. The summed E-state index contributed by atoms with van der Waals surface area (Å²) in [4.78, 5) is 4.80. The second-order valence-electron chi connectivity index (χ2n) is 31.1. The maximum absolute atomic E-state index is 6.93. The highest BCUT2D eigenvalue weighted by molar-refractivity contribution is 6.17. The van der Waals surface area contributed by atoms with Crippen molar-refractivity contribution >= 4 is 165 Å². The van der Waals surface area contributed by atoms with Crippen molar-refractivity contribution in [1.82, 2.24) is 9.13 Å². The Morgan fingerprint density at radius 2 is 0.517 bits per heavy atom. The molecule has 0 N–H and O–H groups in total. The van der Waals surface area contributed by atoms with Gasteiger partial charge in [0.15, 0.2) is 0 Å². The van der Waals surface area contributed by atoms with Crippen molar-refractivity contribution in [3.05, 3.63) is 425 Å². The van der Waals surface area contributed by atoms with Gasteiger partial charge in [0.05, 0.1) is 22.1 Å². The number of aromatic nitrogens is 2. The molecular formula is C112H70N4O2. The van der Waals surface area contributed by atoms with E-state index < -0.39 is 0 Å². The summed E-state index contributed by atoms with van der Waals surface area (Å²) >= 11 is 0. The molecule has 6 nitrogen and oxygen atoms in total. The second-order valence-corrected chi connectivity index (χ2v) is 31.1. The van der Waals surface area contributed by atoms with E-state index in [0.717, 1.165) is 156 Å². The highest BCUT2D eigenvalue weighted by Crippen LogP contribution is 2.48. The summed E-state index contributed by atoms with van der Waals surface area (Å²) in [6.45, 7) is 0. The number of para-hydroxylation sites is 5. The van der Waals surface area contributed by atoms with Crippen LogP contribution in [0.1, 0.15) is 0 Å². The Morgan fingerprint density at radius 1 is 0.169 bits per heavy atom. The van der Waals surface area contributed by atoms with Crippen molar-refractivity contribution in [2.24, 2.45) is 0 Å². The monoisotopic (exact) mass is 1500 g/mol. The lowest BCUT2D eigenvalue weighted by atomic mass is 9.95. The quantitative estimate of drug-likeness (QED) is 0.108. The first-order chi connectivity index (χ1) is 58.5. The van der Waals surface area contributed by atoms with E-state index in [9.17, 15) is 0 Å². The molecule has 0 bridgehead atoms. The van der Waals surface area contributed by atoms with E-state index in [1.54, 1.807) is 0 Å². The van der Waals surface area contributed by atoms with Gasteiger partial charge in [-0.2, -0.15) is 0 Å². The average molecular weight is 1500 g/mol. The number of rotatable bonds is 13. The largest absolute Gasteiger partial charge is 0.456 e. The van der Waals surface area contributed by atoms with Gasteiger partial charge in [-0.1, -0.05) is 267 Å². The van der Waals surface area contributed by atoms with Crippen molar-refractivity contribution in [1.29, 1.82) is 0 Å². The number of nitrogens with zero attached hydrogens (tertiary/aromatic N) is 4. The third-order valence-corrected chi connectivity index (χ3v) is 24.4. The molecule has 0 radical (unpaired) electrons. The van der Waals surface area contributed by atoms with Gasteiger partial charge in [0.25, 0.3) is 0 Å². The first-order valence-electron chi connectivity index (χ1n) is 40.4. The van der Waals surface area contributed by atoms with Crippen LogP contribution in [-0.4, -0.2) is 9.13 Å². The van der Waals surface area contributed by atoms with E-state index in [1.165, 1.54) is 75.9 Å². The van der Waals surface area contributed by atoms with Crippen LogP contribution in [0.3, 0.4) is 0 Å². The molecular weight excluding hydrogens is 1430 g/mol. The summed E-state index contributed by atoms with van der Waals surface area (Å²) in [7, 11) is 0. The van der Waals surface area contributed by atoms with Gasteiger partial charge in [-0.05, 0) is 256 Å². The smallest absolute Gasteiger partial charge is 0.136 e.